The van der Waals surface area contributed by atoms with Crippen LogP contribution in [-0.2, 0) is 6.54 Å². The van der Waals surface area contributed by atoms with Crippen molar-refractivity contribution in [3.8, 4) is 0 Å². The van der Waals surface area contributed by atoms with E-state index in [0.717, 1.165) is 26.2 Å². The summed E-state index contributed by atoms with van der Waals surface area (Å²) in [5.74, 6) is 0. The summed E-state index contributed by atoms with van der Waals surface area (Å²) in [6.07, 6.45) is 3.84. The average molecular weight is 248 g/mol. The van der Waals surface area contributed by atoms with E-state index in [0.29, 0.717) is 6.04 Å². The molecule has 0 bridgehead atoms. The standard InChI is InChI=1S/C14H24N4/c1-12-6-13(8-15-7-12)9-16-10-14-11-17(2)4-5-18(14)3/h6-8,14,16H,4-5,9-11H2,1-3H3. The van der Waals surface area contributed by atoms with Gasteiger partial charge in [0.1, 0.15) is 0 Å². The number of rotatable bonds is 4. The molecule has 0 aliphatic carbocycles. The molecule has 1 aromatic heterocycles. The van der Waals surface area contributed by atoms with Crippen LogP contribution in [0.1, 0.15) is 11.1 Å². The van der Waals surface area contributed by atoms with Gasteiger partial charge >= 0.3 is 0 Å². The normalized spacial score (nSPS) is 22.3. The molecule has 1 N–H and O–H groups in total. The van der Waals surface area contributed by atoms with Crippen molar-refractivity contribution < 1.29 is 0 Å². The molecule has 18 heavy (non-hydrogen) atoms. The topological polar surface area (TPSA) is 31.4 Å². The van der Waals surface area contributed by atoms with Gasteiger partial charge in [-0.15, -0.1) is 0 Å². The number of hydrogen-bond acceptors (Lipinski definition) is 4. The predicted molar refractivity (Wildman–Crippen MR) is 74.6 cm³/mol. The van der Waals surface area contributed by atoms with Gasteiger partial charge in [0.15, 0.2) is 0 Å². The maximum atomic E-state index is 4.22. The van der Waals surface area contributed by atoms with E-state index < -0.39 is 0 Å². The van der Waals surface area contributed by atoms with Crippen LogP contribution in [0.3, 0.4) is 0 Å². The lowest BCUT2D eigenvalue weighted by atomic mass is 10.1. The Balaban J connectivity index is 1.77. The van der Waals surface area contributed by atoms with Crippen molar-refractivity contribution in [2.24, 2.45) is 0 Å². The van der Waals surface area contributed by atoms with Crippen molar-refractivity contribution in [1.82, 2.24) is 20.1 Å². The molecule has 1 saturated heterocycles. The number of aryl methyl sites for hydroxylation is 1. The maximum absolute atomic E-state index is 4.22. The molecule has 0 spiro atoms. The minimum absolute atomic E-state index is 0.613. The molecule has 0 radical (unpaired) electrons. The zero-order valence-electron chi connectivity index (χ0n) is 11.7. The maximum Gasteiger partial charge on any atom is 0.0345 e. The molecule has 1 aromatic rings. The zero-order chi connectivity index (χ0) is 13.0. The Bertz CT molecular complexity index is 380. The largest absolute Gasteiger partial charge is 0.311 e. The van der Waals surface area contributed by atoms with E-state index in [2.05, 4.69) is 47.2 Å². The Morgan fingerprint density at radius 3 is 2.94 bits per heavy atom. The molecule has 4 nitrogen and oxygen atoms in total. The Kier molecular flexibility index (Phi) is 4.69. The molecule has 100 valence electrons. The SMILES string of the molecule is Cc1cncc(CNCC2CN(C)CCN2C)c1. The molecule has 1 atom stereocenters. The molecular formula is C14H24N4. The summed E-state index contributed by atoms with van der Waals surface area (Å²) in [6.45, 7) is 7.51. The van der Waals surface area contributed by atoms with Crippen molar-refractivity contribution in [3.63, 3.8) is 0 Å². The van der Waals surface area contributed by atoms with Gasteiger partial charge in [-0.2, -0.15) is 0 Å². The molecule has 0 saturated carbocycles. The number of likely N-dealkylation sites (N-methyl/N-ethyl adjacent to an activating group) is 2. The summed E-state index contributed by atoms with van der Waals surface area (Å²) in [4.78, 5) is 9.07. The highest BCUT2D eigenvalue weighted by molar-refractivity contribution is 5.16. The first-order valence-corrected chi connectivity index (χ1v) is 6.65. The van der Waals surface area contributed by atoms with Crippen LogP contribution in [0, 0.1) is 6.92 Å². The average Bonchev–Trinajstić information content (AvgIpc) is 2.34. The van der Waals surface area contributed by atoms with Crippen molar-refractivity contribution in [3.05, 3.63) is 29.6 Å². The van der Waals surface area contributed by atoms with E-state index in [-0.39, 0.29) is 0 Å². The molecule has 1 unspecified atom stereocenters. The summed E-state index contributed by atoms with van der Waals surface area (Å²) in [5, 5.41) is 3.54. The number of piperazine rings is 1. The third kappa shape index (κ3) is 3.77. The van der Waals surface area contributed by atoms with E-state index in [1.165, 1.54) is 17.7 Å². The third-order valence-corrected chi connectivity index (χ3v) is 3.62. The minimum Gasteiger partial charge on any atom is -0.311 e. The van der Waals surface area contributed by atoms with Gasteiger partial charge in [-0.25, -0.2) is 0 Å². The van der Waals surface area contributed by atoms with Crippen molar-refractivity contribution >= 4 is 0 Å². The van der Waals surface area contributed by atoms with Gasteiger partial charge in [-0.1, -0.05) is 6.07 Å². The second-order valence-electron chi connectivity index (χ2n) is 5.40. The second kappa shape index (κ2) is 6.27. The highest BCUT2D eigenvalue weighted by atomic mass is 15.3. The van der Waals surface area contributed by atoms with Crippen LogP contribution in [-0.4, -0.2) is 61.1 Å². The summed E-state index contributed by atoms with van der Waals surface area (Å²) in [6, 6.07) is 2.80. The Hall–Kier alpha value is -0.970. The molecule has 0 amide bonds. The molecule has 1 aliphatic heterocycles. The third-order valence-electron chi connectivity index (χ3n) is 3.62. The quantitative estimate of drug-likeness (QED) is 0.851. The van der Waals surface area contributed by atoms with Gasteiger partial charge in [0.2, 0.25) is 0 Å². The predicted octanol–water partition coefficient (Wildman–Crippen LogP) is 0.725. The first-order valence-electron chi connectivity index (χ1n) is 6.65. The van der Waals surface area contributed by atoms with Crippen LogP contribution in [0.4, 0.5) is 0 Å². The zero-order valence-corrected chi connectivity index (χ0v) is 11.7. The first-order chi connectivity index (χ1) is 8.65. The number of nitrogens with one attached hydrogen (secondary N) is 1. The number of hydrogen-bond donors (Lipinski definition) is 1. The van der Waals surface area contributed by atoms with E-state index in [1.54, 1.807) is 0 Å². The summed E-state index contributed by atoms with van der Waals surface area (Å²) in [5.41, 5.74) is 2.49. The van der Waals surface area contributed by atoms with Gasteiger partial charge in [-0.05, 0) is 32.1 Å². The molecule has 0 aromatic carbocycles. The van der Waals surface area contributed by atoms with Crippen LogP contribution in [0.2, 0.25) is 0 Å². The van der Waals surface area contributed by atoms with Crippen LogP contribution in [0.25, 0.3) is 0 Å². The van der Waals surface area contributed by atoms with Gasteiger partial charge in [-0.3, -0.25) is 9.88 Å². The highest BCUT2D eigenvalue weighted by Crippen LogP contribution is 2.05. The Morgan fingerprint density at radius 2 is 2.17 bits per heavy atom. The summed E-state index contributed by atoms with van der Waals surface area (Å²) >= 11 is 0. The fraction of sp³-hybridized carbons (Fsp3) is 0.643. The molecule has 1 fully saturated rings. The molecule has 2 rings (SSSR count). The van der Waals surface area contributed by atoms with Gasteiger partial charge in [0.25, 0.3) is 0 Å². The fourth-order valence-electron chi connectivity index (χ4n) is 2.42. The van der Waals surface area contributed by atoms with E-state index >= 15 is 0 Å². The number of nitrogens with zero attached hydrogens (tertiary/aromatic N) is 3. The smallest absolute Gasteiger partial charge is 0.0345 e. The molecule has 4 heteroatoms. The van der Waals surface area contributed by atoms with Crippen molar-refractivity contribution in [1.29, 1.82) is 0 Å². The lowest BCUT2D eigenvalue weighted by Crippen LogP contribution is -2.53. The van der Waals surface area contributed by atoms with Crippen molar-refractivity contribution in [2.45, 2.75) is 19.5 Å². The lowest BCUT2D eigenvalue weighted by molar-refractivity contribution is 0.113. The minimum atomic E-state index is 0.613. The first kappa shape index (κ1) is 13.5. The highest BCUT2D eigenvalue weighted by Gasteiger charge is 2.21. The van der Waals surface area contributed by atoms with E-state index in [4.69, 9.17) is 0 Å². The summed E-state index contributed by atoms with van der Waals surface area (Å²) < 4.78 is 0. The van der Waals surface area contributed by atoms with Gasteiger partial charge < -0.3 is 10.2 Å². The van der Waals surface area contributed by atoms with E-state index in [9.17, 15) is 0 Å². The monoisotopic (exact) mass is 248 g/mol. The Morgan fingerprint density at radius 1 is 1.33 bits per heavy atom. The van der Waals surface area contributed by atoms with Crippen LogP contribution >= 0.6 is 0 Å². The molecule has 1 aliphatic rings. The van der Waals surface area contributed by atoms with Crippen LogP contribution < -0.4 is 5.32 Å². The van der Waals surface area contributed by atoms with Gasteiger partial charge in [0.05, 0.1) is 0 Å². The van der Waals surface area contributed by atoms with Gasteiger partial charge in [0, 0.05) is 51.2 Å². The summed E-state index contributed by atoms with van der Waals surface area (Å²) in [7, 11) is 4.41. The van der Waals surface area contributed by atoms with Crippen LogP contribution in [0.15, 0.2) is 18.5 Å². The fourth-order valence-corrected chi connectivity index (χ4v) is 2.42. The second-order valence-corrected chi connectivity index (χ2v) is 5.40. The number of aromatic nitrogens is 1. The Labute approximate surface area is 110 Å². The molecular weight excluding hydrogens is 224 g/mol. The molecule has 2 heterocycles. The lowest BCUT2D eigenvalue weighted by Gasteiger charge is -2.37. The number of pyridine rings is 1. The van der Waals surface area contributed by atoms with Crippen LogP contribution in [0.5, 0.6) is 0 Å². The van der Waals surface area contributed by atoms with E-state index in [1.807, 2.05) is 12.4 Å². The van der Waals surface area contributed by atoms with Crippen molar-refractivity contribution in [2.75, 3.05) is 40.3 Å².